The summed E-state index contributed by atoms with van der Waals surface area (Å²) in [5.41, 5.74) is 0.877. The predicted molar refractivity (Wildman–Crippen MR) is 88.7 cm³/mol. The Morgan fingerprint density at radius 2 is 1.74 bits per heavy atom. The molecule has 2 N–H and O–H groups in total. The predicted octanol–water partition coefficient (Wildman–Crippen LogP) is 1.81. The van der Waals surface area contributed by atoms with Crippen LogP contribution in [0.2, 0.25) is 0 Å². The third-order valence-electron chi connectivity index (χ3n) is 5.32. The van der Waals surface area contributed by atoms with Crippen molar-refractivity contribution >= 4 is 16.7 Å². The smallest absolute Gasteiger partial charge is 0.145 e. The number of pyridine rings is 1. The van der Waals surface area contributed by atoms with E-state index < -0.39 is 12.2 Å². The number of nitrogens with zero attached hydrogens (tertiary/aromatic N) is 2. The van der Waals surface area contributed by atoms with Gasteiger partial charge in [0.1, 0.15) is 17.1 Å². The van der Waals surface area contributed by atoms with Crippen molar-refractivity contribution in [1.82, 2.24) is 4.98 Å². The molecule has 2 aromatic rings. The molecule has 2 heterocycles. The van der Waals surface area contributed by atoms with Gasteiger partial charge >= 0.3 is 0 Å². The molecule has 0 radical (unpaired) electrons. The molecule has 2 fully saturated rings. The van der Waals surface area contributed by atoms with Gasteiger partial charge in [-0.25, -0.2) is 4.98 Å². The Morgan fingerprint density at radius 3 is 2.39 bits per heavy atom. The molecule has 0 amide bonds. The molecule has 1 aliphatic heterocycles. The van der Waals surface area contributed by atoms with Crippen LogP contribution < -0.4 is 9.64 Å². The molecule has 1 saturated heterocycles. The second-order valence-corrected chi connectivity index (χ2v) is 6.73. The van der Waals surface area contributed by atoms with Crippen molar-refractivity contribution < 1.29 is 14.9 Å². The number of methoxy groups -OCH3 is 1. The molecule has 1 aromatic carbocycles. The maximum absolute atomic E-state index is 9.89. The second kappa shape index (κ2) is 5.65. The van der Waals surface area contributed by atoms with Crippen molar-refractivity contribution in [3.8, 4) is 5.75 Å². The van der Waals surface area contributed by atoms with Gasteiger partial charge in [0.05, 0.1) is 19.3 Å². The molecule has 4 atom stereocenters. The van der Waals surface area contributed by atoms with Crippen molar-refractivity contribution in [3.63, 3.8) is 0 Å². The maximum Gasteiger partial charge on any atom is 0.145 e. The van der Waals surface area contributed by atoms with Gasteiger partial charge in [-0.1, -0.05) is 12.1 Å². The van der Waals surface area contributed by atoms with E-state index in [0.717, 1.165) is 35.6 Å². The Bertz CT molecular complexity index is 702. The van der Waals surface area contributed by atoms with Crippen molar-refractivity contribution in [1.29, 1.82) is 0 Å². The lowest BCUT2D eigenvalue weighted by Crippen LogP contribution is -2.38. The summed E-state index contributed by atoms with van der Waals surface area (Å²) in [7, 11) is 1.66. The summed E-state index contributed by atoms with van der Waals surface area (Å²) < 4.78 is 5.42. The summed E-state index contributed by atoms with van der Waals surface area (Å²) in [5.74, 6) is 2.60. The van der Waals surface area contributed by atoms with E-state index >= 15 is 0 Å². The standard InChI is InChI=1S/C18H22N2O3/c1-23-16-4-2-3-11-5-6-17(19-18(11)16)20-9-12-7-14(21)15(22)8-13(12)10-20/h2-6,12-15,21-22H,7-10H2,1H3. The summed E-state index contributed by atoms with van der Waals surface area (Å²) in [5, 5.41) is 20.8. The Hall–Kier alpha value is -1.85. The number of ether oxygens (including phenoxy) is 1. The van der Waals surface area contributed by atoms with Crippen molar-refractivity contribution in [3.05, 3.63) is 30.3 Å². The van der Waals surface area contributed by atoms with Gasteiger partial charge in [-0.15, -0.1) is 0 Å². The number of rotatable bonds is 2. The molecular formula is C18H22N2O3. The zero-order valence-corrected chi connectivity index (χ0v) is 13.2. The molecule has 23 heavy (non-hydrogen) atoms. The maximum atomic E-state index is 9.89. The zero-order chi connectivity index (χ0) is 16.0. The van der Waals surface area contributed by atoms with E-state index in [4.69, 9.17) is 9.72 Å². The molecule has 2 aliphatic rings. The van der Waals surface area contributed by atoms with Crippen LogP contribution in [0, 0.1) is 11.8 Å². The Morgan fingerprint density at radius 1 is 1.04 bits per heavy atom. The first kappa shape index (κ1) is 14.7. The molecule has 0 bridgehead atoms. The van der Waals surface area contributed by atoms with Crippen LogP contribution in [0.25, 0.3) is 10.9 Å². The number of anilines is 1. The lowest BCUT2D eigenvalue weighted by Gasteiger charge is -2.31. The summed E-state index contributed by atoms with van der Waals surface area (Å²) in [6.07, 6.45) is 0.195. The highest BCUT2D eigenvalue weighted by atomic mass is 16.5. The first-order valence-corrected chi connectivity index (χ1v) is 8.20. The number of aromatic nitrogens is 1. The third kappa shape index (κ3) is 2.54. The van der Waals surface area contributed by atoms with Crippen LogP contribution in [0.4, 0.5) is 5.82 Å². The van der Waals surface area contributed by atoms with E-state index in [2.05, 4.69) is 11.0 Å². The van der Waals surface area contributed by atoms with E-state index in [-0.39, 0.29) is 0 Å². The topological polar surface area (TPSA) is 65.8 Å². The molecule has 5 heteroatoms. The fourth-order valence-electron chi connectivity index (χ4n) is 4.04. The minimum absolute atomic E-state index is 0.434. The minimum Gasteiger partial charge on any atom is -0.494 e. The van der Waals surface area contributed by atoms with Gasteiger partial charge in [0.25, 0.3) is 0 Å². The molecular weight excluding hydrogens is 292 g/mol. The quantitative estimate of drug-likeness (QED) is 0.885. The van der Waals surface area contributed by atoms with Crippen molar-refractivity contribution in [2.24, 2.45) is 11.8 Å². The number of benzene rings is 1. The molecule has 4 rings (SSSR count). The lowest BCUT2D eigenvalue weighted by atomic mass is 9.79. The minimum atomic E-state index is -0.583. The van der Waals surface area contributed by atoms with Crippen LogP contribution in [0.3, 0.4) is 0 Å². The first-order chi connectivity index (χ1) is 11.2. The molecule has 122 valence electrons. The van der Waals surface area contributed by atoms with Gasteiger partial charge in [-0.05, 0) is 42.9 Å². The van der Waals surface area contributed by atoms with E-state index in [0.29, 0.717) is 24.7 Å². The normalized spacial score (nSPS) is 30.5. The molecule has 5 nitrogen and oxygen atoms in total. The summed E-state index contributed by atoms with van der Waals surface area (Å²) in [4.78, 5) is 7.07. The number of para-hydroxylation sites is 1. The van der Waals surface area contributed by atoms with Gasteiger partial charge < -0.3 is 19.8 Å². The molecule has 1 saturated carbocycles. The number of hydrogen-bond acceptors (Lipinski definition) is 5. The van der Waals surface area contributed by atoms with Crippen LogP contribution in [-0.2, 0) is 0 Å². The van der Waals surface area contributed by atoms with Gasteiger partial charge in [0, 0.05) is 18.5 Å². The fourth-order valence-corrected chi connectivity index (χ4v) is 4.04. The second-order valence-electron chi connectivity index (χ2n) is 6.73. The van der Waals surface area contributed by atoms with Gasteiger partial charge in [0.2, 0.25) is 0 Å². The van der Waals surface area contributed by atoms with E-state index in [1.54, 1.807) is 7.11 Å². The summed E-state index contributed by atoms with van der Waals surface area (Å²) in [6.45, 7) is 1.78. The van der Waals surface area contributed by atoms with Crippen LogP contribution >= 0.6 is 0 Å². The van der Waals surface area contributed by atoms with Crippen LogP contribution in [-0.4, -0.2) is 47.6 Å². The van der Waals surface area contributed by atoms with Crippen LogP contribution in [0.5, 0.6) is 5.75 Å². The van der Waals surface area contributed by atoms with Crippen molar-refractivity contribution in [2.75, 3.05) is 25.1 Å². The van der Waals surface area contributed by atoms with Crippen LogP contribution in [0.15, 0.2) is 30.3 Å². The summed E-state index contributed by atoms with van der Waals surface area (Å²) >= 11 is 0. The Balaban J connectivity index is 1.63. The summed E-state index contributed by atoms with van der Waals surface area (Å²) in [6, 6.07) is 10.0. The average Bonchev–Trinajstić information content (AvgIpc) is 2.97. The van der Waals surface area contributed by atoms with E-state index in [1.165, 1.54) is 0 Å². The third-order valence-corrected chi connectivity index (χ3v) is 5.32. The molecule has 0 spiro atoms. The lowest BCUT2D eigenvalue weighted by molar-refractivity contribution is -0.0372. The number of aliphatic hydroxyl groups excluding tert-OH is 2. The Kier molecular flexibility index (Phi) is 3.62. The zero-order valence-electron chi connectivity index (χ0n) is 13.2. The Labute approximate surface area is 135 Å². The largest absolute Gasteiger partial charge is 0.494 e. The van der Waals surface area contributed by atoms with E-state index in [1.807, 2.05) is 24.3 Å². The number of fused-ring (bicyclic) bond motifs is 2. The molecule has 1 aliphatic carbocycles. The SMILES string of the molecule is COc1cccc2ccc(N3CC4CC(O)C(O)CC4C3)nc12. The first-order valence-electron chi connectivity index (χ1n) is 8.20. The number of aliphatic hydroxyl groups is 2. The highest BCUT2D eigenvalue weighted by molar-refractivity contribution is 5.86. The average molecular weight is 314 g/mol. The highest BCUT2D eigenvalue weighted by Crippen LogP contribution is 2.38. The number of hydrogen-bond donors (Lipinski definition) is 2. The molecule has 4 unspecified atom stereocenters. The van der Waals surface area contributed by atoms with Gasteiger partial charge in [0.15, 0.2) is 0 Å². The van der Waals surface area contributed by atoms with Gasteiger partial charge in [-0.2, -0.15) is 0 Å². The van der Waals surface area contributed by atoms with Crippen LogP contribution in [0.1, 0.15) is 12.8 Å². The highest BCUT2D eigenvalue weighted by Gasteiger charge is 2.41. The fraction of sp³-hybridized carbons (Fsp3) is 0.500. The molecule has 1 aromatic heterocycles. The monoisotopic (exact) mass is 314 g/mol. The van der Waals surface area contributed by atoms with E-state index in [9.17, 15) is 10.2 Å². The van der Waals surface area contributed by atoms with Crippen molar-refractivity contribution in [2.45, 2.75) is 25.0 Å². The van der Waals surface area contributed by atoms with Gasteiger partial charge in [-0.3, -0.25) is 0 Å².